The summed E-state index contributed by atoms with van der Waals surface area (Å²) in [5.74, 6) is 0.352. The lowest BCUT2D eigenvalue weighted by Gasteiger charge is -2.32. The molecule has 0 saturated carbocycles. The van der Waals surface area contributed by atoms with Crippen molar-refractivity contribution >= 4 is 28.6 Å². The van der Waals surface area contributed by atoms with E-state index in [1.807, 2.05) is 33.0 Å². The Kier molecular flexibility index (Phi) is 6.97. The van der Waals surface area contributed by atoms with Gasteiger partial charge in [-0.2, -0.15) is 25.6 Å². The molecule has 0 aliphatic carbocycles. The number of amides is 1. The summed E-state index contributed by atoms with van der Waals surface area (Å²) < 4.78 is 8.05. The number of piperidine rings is 1. The van der Waals surface area contributed by atoms with Gasteiger partial charge in [-0.15, -0.1) is 0 Å². The van der Waals surface area contributed by atoms with Gasteiger partial charge >= 0.3 is 0 Å². The van der Waals surface area contributed by atoms with Crippen molar-refractivity contribution in [2.24, 2.45) is 5.92 Å². The zero-order valence-electron chi connectivity index (χ0n) is 19.9. The molecular formula is C24H27N9O2. The molecule has 1 aliphatic rings. The third kappa shape index (κ3) is 5.25. The molecule has 0 radical (unpaired) electrons. The first-order valence-corrected chi connectivity index (χ1v) is 11.6. The van der Waals surface area contributed by atoms with Crippen LogP contribution in [-0.2, 0) is 11.3 Å². The smallest absolute Gasteiger partial charge is 0.264 e. The fourth-order valence-corrected chi connectivity index (χ4v) is 4.00. The van der Waals surface area contributed by atoms with Crippen LogP contribution in [0.2, 0.25) is 0 Å². The van der Waals surface area contributed by atoms with E-state index < -0.39 is 0 Å². The minimum atomic E-state index is -0.345. The Balaban J connectivity index is 1.59. The van der Waals surface area contributed by atoms with E-state index in [0.717, 1.165) is 18.7 Å². The number of fused-ring (bicyclic) bond motifs is 1. The Bertz CT molecular complexity index is 1340. The van der Waals surface area contributed by atoms with Crippen LogP contribution in [0, 0.1) is 28.6 Å². The fraction of sp³-hybridized carbons (Fsp3) is 0.417. The van der Waals surface area contributed by atoms with Crippen molar-refractivity contribution < 1.29 is 9.53 Å². The lowest BCUT2D eigenvalue weighted by Crippen LogP contribution is -2.45. The Morgan fingerprint density at radius 1 is 1.40 bits per heavy atom. The molecule has 180 valence electrons. The summed E-state index contributed by atoms with van der Waals surface area (Å²) in [5, 5.41) is 26.9. The number of hydrogen-bond donors (Lipinski definition) is 2. The Morgan fingerprint density at radius 3 is 2.91 bits per heavy atom. The van der Waals surface area contributed by atoms with E-state index in [-0.39, 0.29) is 29.4 Å². The van der Waals surface area contributed by atoms with Gasteiger partial charge in [-0.05, 0) is 25.7 Å². The van der Waals surface area contributed by atoms with Gasteiger partial charge in [-0.1, -0.05) is 19.9 Å². The van der Waals surface area contributed by atoms with Crippen LogP contribution in [0.15, 0.2) is 30.2 Å². The number of ether oxygens (including phenoxy) is 1. The number of aromatic amines is 1. The molecule has 4 heterocycles. The van der Waals surface area contributed by atoms with Gasteiger partial charge in [0.15, 0.2) is 0 Å². The predicted octanol–water partition coefficient (Wildman–Crippen LogP) is 3.27. The van der Waals surface area contributed by atoms with Gasteiger partial charge in [0.2, 0.25) is 11.8 Å². The Hall–Kier alpha value is -4.38. The van der Waals surface area contributed by atoms with Crippen LogP contribution in [0.5, 0.6) is 5.88 Å². The second-order valence-corrected chi connectivity index (χ2v) is 8.67. The van der Waals surface area contributed by atoms with Crippen molar-refractivity contribution in [1.29, 1.82) is 10.5 Å². The van der Waals surface area contributed by atoms with Gasteiger partial charge in [0.05, 0.1) is 29.4 Å². The van der Waals surface area contributed by atoms with Crippen LogP contribution in [0.3, 0.4) is 0 Å². The van der Waals surface area contributed by atoms with E-state index in [0.29, 0.717) is 42.1 Å². The average Bonchev–Trinajstić information content (AvgIpc) is 3.48. The van der Waals surface area contributed by atoms with Crippen molar-refractivity contribution in [3.8, 4) is 18.0 Å². The first-order valence-electron chi connectivity index (χ1n) is 11.6. The third-order valence-corrected chi connectivity index (χ3v) is 5.63. The number of anilines is 2. The topological polar surface area (TPSA) is 149 Å². The molecule has 35 heavy (non-hydrogen) atoms. The molecule has 1 saturated heterocycles. The molecule has 0 aromatic carbocycles. The number of carbonyl (C=O) groups is 1. The molecule has 0 bridgehead atoms. The van der Waals surface area contributed by atoms with Gasteiger partial charge < -0.3 is 19.9 Å². The number of nitrogens with zero attached hydrogens (tertiary/aromatic N) is 7. The molecule has 1 aliphatic heterocycles. The molecule has 11 nitrogen and oxygen atoms in total. The van der Waals surface area contributed by atoms with Gasteiger partial charge in [0.1, 0.15) is 29.5 Å². The molecule has 0 spiro atoms. The standard InChI is InChI=1S/C24H27N9O2/c1-4-33-13-18(12-28-33)29-24-30-21-20(17(10-26)11-27-21)22(31-24)35-19-6-5-7-32(14-19)23(34)16(9-25)8-15(2)3/h8,11-13,15,19H,4-7,14H2,1-3H3,(H2,27,29,30,31). The van der Waals surface area contributed by atoms with E-state index in [9.17, 15) is 15.3 Å². The number of aryl methyl sites for hydroxylation is 1. The summed E-state index contributed by atoms with van der Waals surface area (Å²) in [7, 11) is 0. The molecule has 1 amide bonds. The Morgan fingerprint density at radius 2 is 2.23 bits per heavy atom. The van der Waals surface area contributed by atoms with Crippen molar-refractivity contribution in [2.45, 2.75) is 46.3 Å². The van der Waals surface area contributed by atoms with Crippen molar-refractivity contribution in [3.63, 3.8) is 0 Å². The Labute approximate surface area is 203 Å². The molecule has 1 unspecified atom stereocenters. The molecule has 11 heteroatoms. The highest BCUT2D eigenvalue weighted by atomic mass is 16.5. The van der Waals surface area contributed by atoms with Gasteiger partial charge in [-0.25, -0.2) is 0 Å². The first-order chi connectivity index (χ1) is 16.9. The minimum absolute atomic E-state index is 0.0908. The summed E-state index contributed by atoms with van der Waals surface area (Å²) in [6, 6.07) is 4.16. The second-order valence-electron chi connectivity index (χ2n) is 8.67. The largest absolute Gasteiger partial charge is 0.472 e. The summed E-state index contributed by atoms with van der Waals surface area (Å²) in [4.78, 5) is 26.6. The van der Waals surface area contributed by atoms with Crippen LogP contribution in [0.4, 0.5) is 11.6 Å². The summed E-state index contributed by atoms with van der Waals surface area (Å²) in [5.41, 5.74) is 1.70. The number of likely N-dealkylation sites (tertiary alicyclic amines) is 1. The van der Waals surface area contributed by atoms with Gasteiger partial charge in [0.25, 0.3) is 5.91 Å². The molecular weight excluding hydrogens is 446 g/mol. The van der Waals surface area contributed by atoms with Gasteiger partial charge in [-0.3, -0.25) is 9.48 Å². The zero-order valence-corrected chi connectivity index (χ0v) is 19.9. The maximum atomic E-state index is 12.9. The number of aromatic nitrogens is 5. The molecule has 3 aromatic rings. The molecule has 2 N–H and O–H groups in total. The van der Waals surface area contributed by atoms with Crippen LogP contribution in [0.25, 0.3) is 11.0 Å². The number of nitrogens with one attached hydrogen (secondary N) is 2. The minimum Gasteiger partial charge on any atom is -0.472 e. The van der Waals surface area contributed by atoms with E-state index in [4.69, 9.17) is 4.74 Å². The molecule has 3 aromatic heterocycles. The number of H-pyrrole nitrogens is 1. The van der Waals surface area contributed by atoms with E-state index >= 15 is 0 Å². The summed E-state index contributed by atoms with van der Waals surface area (Å²) in [6.07, 6.45) is 7.85. The van der Waals surface area contributed by atoms with Crippen molar-refractivity contribution in [3.05, 3.63) is 35.8 Å². The zero-order chi connectivity index (χ0) is 24.9. The second kappa shape index (κ2) is 10.3. The maximum Gasteiger partial charge on any atom is 0.264 e. The lowest BCUT2D eigenvalue weighted by atomic mass is 10.0. The average molecular weight is 474 g/mol. The number of carbonyl (C=O) groups excluding carboxylic acids is 1. The SMILES string of the molecule is CCn1cc(Nc2nc(OC3CCCN(C(=O)C(C#N)=CC(C)C)C3)c3c(C#N)c[nH]c3n2)cn1. The summed E-state index contributed by atoms with van der Waals surface area (Å²) >= 11 is 0. The van der Waals surface area contributed by atoms with Crippen LogP contribution >= 0.6 is 0 Å². The fourth-order valence-electron chi connectivity index (χ4n) is 4.00. The number of rotatable bonds is 7. The van der Waals surface area contributed by atoms with Crippen LogP contribution in [-0.4, -0.2) is 54.7 Å². The molecule has 1 fully saturated rings. The van der Waals surface area contributed by atoms with Crippen molar-refractivity contribution in [2.75, 3.05) is 18.4 Å². The van der Waals surface area contributed by atoms with E-state index in [1.165, 1.54) is 0 Å². The number of hydrogen-bond acceptors (Lipinski definition) is 8. The summed E-state index contributed by atoms with van der Waals surface area (Å²) in [6.45, 7) is 7.45. The normalized spacial score (nSPS) is 16.2. The quantitative estimate of drug-likeness (QED) is 0.392. The maximum absolute atomic E-state index is 12.9. The third-order valence-electron chi connectivity index (χ3n) is 5.63. The molecule has 1 atom stereocenters. The van der Waals surface area contributed by atoms with E-state index in [1.54, 1.807) is 28.1 Å². The first kappa shape index (κ1) is 23.8. The van der Waals surface area contributed by atoms with Crippen LogP contribution in [0.1, 0.15) is 39.2 Å². The van der Waals surface area contributed by atoms with Gasteiger partial charge in [0, 0.05) is 25.5 Å². The highest BCUT2D eigenvalue weighted by molar-refractivity contribution is 5.97. The van der Waals surface area contributed by atoms with Crippen molar-refractivity contribution in [1.82, 2.24) is 29.6 Å². The highest BCUT2D eigenvalue weighted by Gasteiger charge is 2.28. The van der Waals surface area contributed by atoms with E-state index in [2.05, 4.69) is 31.4 Å². The number of allylic oxidation sites excluding steroid dienone is 1. The molecule has 4 rings (SSSR count). The monoisotopic (exact) mass is 473 g/mol. The number of nitriles is 2. The lowest BCUT2D eigenvalue weighted by molar-refractivity contribution is -0.129. The predicted molar refractivity (Wildman–Crippen MR) is 129 cm³/mol. The highest BCUT2D eigenvalue weighted by Crippen LogP contribution is 2.30. The van der Waals surface area contributed by atoms with Crippen LogP contribution < -0.4 is 10.1 Å².